The molecule has 1 aromatic rings. The van der Waals surface area contributed by atoms with Gasteiger partial charge in [0.2, 0.25) is 0 Å². The lowest BCUT2D eigenvalue weighted by Crippen LogP contribution is -2.32. The maximum atomic E-state index is 10.4. The lowest BCUT2D eigenvalue weighted by molar-refractivity contribution is 0.000709. The van der Waals surface area contributed by atoms with Crippen molar-refractivity contribution in [2.75, 3.05) is 13.7 Å². The highest BCUT2D eigenvalue weighted by Gasteiger charge is 2.32. The Hall–Kier alpha value is -1.26. The maximum absolute atomic E-state index is 10.4. The maximum Gasteiger partial charge on any atom is 0.161 e. The van der Waals surface area contributed by atoms with Gasteiger partial charge in [-0.3, -0.25) is 0 Å². The van der Waals surface area contributed by atoms with Gasteiger partial charge in [-0.2, -0.15) is 0 Å². The van der Waals surface area contributed by atoms with Gasteiger partial charge < -0.3 is 19.9 Å². The number of ether oxygens (including phenoxy) is 2. The third kappa shape index (κ3) is 3.89. The van der Waals surface area contributed by atoms with Gasteiger partial charge in [-0.1, -0.05) is 18.9 Å². The van der Waals surface area contributed by atoms with Crippen LogP contribution in [0.5, 0.6) is 11.5 Å². The molecule has 0 heterocycles. The van der Waals surface area contributed by atoms with Crippen molar-refractivity contribution < 1.29 is 14.6 Å². The summed E-state index contributed by atoms with van der Waals surface area (Å²) in [5.41, 5.74) is 0.531. The van der Waals surface area contributed by atoms with Crippen molar-refractivity contribution in [3.05, 3.63) is 23.8 Å². The summed E-state index contributed by atoms with van der Waals surface area (Å²) in [7, 11) is 1.65. The second-order valence-electron chi connectivity index (χ2n) is 6.36. The highest BCUT2D eigenvalue weighted by molar-refractivity contribution is 5.43. The van der Waals surface area contributed by atoms with Gasteiger partial charge in [0.05, 0.1) is 12.7 Å². The fraction of sp³-hybridized carbons (Fsp3) is 0.647. The fourth-order valence-electron chi connectivity index (χ4n) is 2.88. The molecule has 21 heavy (non-hydrogen) atoms. The number of hydrogen-bond acceptors (Lipinski definition) is 4. The minimum atomic E-state index is -0.659. The Labute approximate surface area is 126 Å². The van der Waals surface area contributed by atoms with E-state index in [4.69, 9.17) is 9.47 Å². The van der Waals surface area contributed by atoms with Crippen molar-refractivity contribution >= 4 is 0 Å². The molecular weight excluding hydrogens is 266 g/mol. The van der Waals surface area contributed by atoms with Crippen LogP contribution in [-0.2, 0) is 6.54 Å². The van der Waals surface area contributed by atoms with E-state index < -0.39 is 5.60 Å². The predicted octanol–water partition coefficient (Wildman–Crippen LogP) is 2.63. The van der Waals surface area contributed by atoms with E-state index in [1.165, 1.54) is 18.4 Å². The van der Waals surface area contributed by atoms with Crippen molar-refractivity contribution in [1.82, 2.24) is 5.32 Å². The molecular formula is C17H25NO3. The Bertz CT molecular complexity index is 479. The third-order valence-corrected chi connectivity index (χ3v) is 4.43. The van der Waals surface area contributed by atoms with Crippen LogP contribution in [0.2, 0.25) is 0 Å². The van der Waals surface area contributed by atoms with Crippen molar-refractivity contribution in [1.29, 1.82) is 0 Å². The van der Waals surface area contributed by atoms with Gasteiger partial charge in [0.1, 0.15) is 6.61 Å². The highest BCUT2D eigenvalue weighted by atomic mass is 16.5. The Balaban J connectivity index is 1.64. The van der Waals surface area contributed by atoms with Crippen LogP contribution >= 0.6 is 0 Å². The van der Waals surface area contributed by atoms with Gasteiger partial charge in [-0.25, -0.2) is 0 Å². The van der Waals surface area contributed by atoms with Crippen LogP contribution < -0.4 is 14.8 Å². The lowest BCUT2D eigenvalue weighted by Gasteiger charge is -2.23. The first-order valence-corrected chi connectivity index (χ1v) is 7.94. The van der Waals surface area contributed by atoms with Crippen LogP contribution in [-0.4, -0.2) is 30.5 Å². The van der Waals surface area contributed by atoms with E-state index in [0.29, 0.717) is 12.6 Å². The minimum Gasteiger partial charge on any atom is -0.493 e. The van der Waals surface area contributed by atoms with E-state index in [1.807, 2.05) is 12.1 Å². The first-order chi connectivity index (χ1) is 10.2. The number of methoxy groups -OCH3 is 1. The molecule has 0 aromatic heterocycles. The molecule has 0 unspecified atom stereocenters. The first kappa shape index (κ1) is 14.7. The van der Waals surface area contributed by atoms with Crippen molar-refractivity contribution in [2.45, 2.75) is 56.7 Å². The van der Waals surface area contributed by atoms with Gasteiger partial charge in [0.25, 0.3) is 0 Å². The Kier molecular flexibility index (Phi) is 4.36. The van der Waals surface area contributed by atoms with Crippen LogP contribution in [0, 0.1) is 0 Å². The highest BCUT2D eigenvalue weighted by Crippen LogP contribution is 2.33. The summed E-state index contributed by atoms with van der Waals surface area (Å²) < 4.78 is 11.2. The van der Waals surface area contributed by atoms with Crippen LogP contribution in [0.15, 0.2) is 18.2 Å². The summed E-state index contributed by atoms with van der Waals surface area (Å²) in [4.78, 5) is 0. The summed E-state index contributed by atoms with van der Waals surface area (Å²) >= 11 is 0. The molecule has 2 aliphatic carbocycles. The summed E-state index contributed by atoms with van der Waals surface area (Å²) in [5.74, 6) is 1.46. The lowest BCUT2D eigenvalue weighted by atomic mass is 10.0. The zero-order valence-corrected chi connectivity index (χ0v) is 12.7. The van der Waals surface area contributed by atoms with Crippen molar-refractivity contribution in [3.63, 3.8) is 0 Å². The standard InChI is InChI=1S/C17H25NO3/c1-20-15-7-4-13(11-18-14-5-6-14)10-16(15)21-12-17(19)8-2-3-9-17/h4,7,10,14,18-19H,2-3,5-6,8-9,11-12H2,1H3. The van der Waals surface area contributed by atoms with E-state index in [1.54, 1.807) is 7.11 Å². The quantitative estimate of drug-likeness (QED) is 0.811. The van der Waals surface area contributed by atoms with Crippen molar-refractivity contribution in [2.24, 2.45) is 0 Å². The largest absolute Gasteiger partial charge is 0.493 e. The van der Waals surface area contributed by atoms with Gasteiger partial charge in [-0.15, -0.1) is 0 Å². The molecule has 0 atom stereocenters. The molecule has 4 nitrogen and oxygen atoms in total. The van der Waals surface area contributed by atoms with Gasteiger partial charge >= 0.3 is 0 Å². The van der Waals surface area contributed by atoms with E-state index in [-0.39, 0.29) is 0 Å². The second-order valence-corrected chi connectivity index (χ2v) is 6.36. The molecule has 3 rings (SSSR count). The molecule has 0 spiro atoms. The SMILES string of the molecule is COc1ccc(CNC2CC2)cc1OCC1(O)CCCC1. The van der Waals surface area contributed by atoms with E-state index in [0.717, 1.165) is 43.7 Å². The van der Waals surface area contributed by atoms with Crippen LogP contribution in [0.1, 0.15) is 44.1 Å². The Morgan fingerprint density at radius 1 is 1.24 bits per heavy atom. The molecule has 4 heteroatoms. The molecule has 1 aromatic carbocycles. The molecule has 2 fully saturated rings. The molecule has 0 bridgehead atoms. The average molecular weight is 291 g/mol. The molecule has 2 N–H and O–H groups in total. The van der Waals surface area contributed by atoms with Crippen LogP contribution in [0.3, 0.4) is 0 Å². The molecule has 0 aliphatic heterocycles. The summed E-state index contributed by atoms with van der Waals surface area (Å²) in [6.45, 7) is 1.21. The molecule has 0 radical (unpaired) electrons. The van der Waals surface area contributed by atoms with E-state index in [2.05, 4.69) is 11.4 Å². The Morgan fingerprint density at radius 3 is 2.67 bits per heavy atom. The summed E-state index contributed by atoms with van der Waals surface area (Å²) in [5, 5.41) is 13.9. The predicted molar refractivity (Wildman–Crippen MR) is 81.8 cm³/mol. The first-order valence-electron chi connectivity index (χ1n) is 7.94. The summed E-state index contributed by atoms with van der Waals surface area (Å²) in [6, 6.07) is 6.71. The molecule has 0 amide bonds. The smallest absolute Gasteiger partial charge is 0.161 e. The van der Waals surface area contributed by atoms with E-state index in [9.17, 15) is 5.11 Å². The molecule has 0 saturated heterocycles. The molecule has 2 saturated carbocycles. The number of hydrogen-bond donors (Lipinski definition) is 2. The second kappa shape index (κ2) is 6.24. The molecule has 116 valence electrons. The number of aliphatic hydroxyl groups is 1. The molecule has 2 aliphatic rings. The fourth-order valence-corrected chi connectivity index (χ4v) is 2.88. The summed E-state index contributed by atoms with van der Waals surface area (Å²) in [6.07, 6.45) is 6.40. The zero-order chi connectivity index (χ0) is 14.7. The zero-order valence-electron chi connectivity index (χ0n) is 12.7. The van der Waals surface area contributed by atoms with Gasteiger partial charge in [0.15, 0.2) is 11.5 Å². The average Bonchev–Trinajstić information content (AvgIpc) is 3.24. The van der Waals surface area contributed by atoms with Crippen LogP contribution in [0.4, 0.5) is 0 Å². The number of rotatable bonds is 7. The van der Waals surface area contributed by atoms with Crippen LogP contribution in [0.25, 0.3) is 0 Å². The minimum absolute atomic E-state index is 0.350. The Morgan fingerprint density at radius 2 is 2.00 bits per heavy atom. The third-order valence-electron chi connectivity index (χ3n) is 4.43. The number of nitrogens with one attached hydrogen (secondary N) is 1. The van der Waals surface area contributed by atoms with E-state index >= 15 is 0 Å². The van der Waals surface area contributed by atoms with Crippen molar-refractivity contribution in [3.8, 4) is 11.5 Å². The van der Waals surface area contributed by atoms with Gasteiger partial charge in [-0.05, 0) is 43.4 Å². The number of benzene rings is 1. The van der Waals surface area contributed by atoms with Gasteiger partial charge in [0, 0.05) is 12.6 Å². The monoisotopic (exact) mass is 291 g/mol. The topological polar surface area (TPSA) is 50.7 Å². The normalized spacial score (nSPS) is 20.5.